The minimum absolute atomic E-state index is 0.159. The van der Waals surface area contributed by atoms with Crippen LogP contribution in [0.4, 0.5) is 0 Å². The van der Waals surface area contributed by atoms with E-state index in [0.717, 1.165) is 21.9 Å². The van der Waals surface area contributed by atoms with Gasteiger partial charge in [-0.15, -0.1) is 0 Å². The molecular weight excluding hydrogens is 564 g/mol. The number of esters is 1. The molecular formula is C34H26N2O6S. The second-order valence-corrected chi connectivity index (χ2v) is 11.0. The molecule has 1 aromatic heterocycles. The van der Waals surface area contributed by atoms with Crippen LogP contribution < -0.4 is 29.1 Å². The highest BCUT2D eigenvalue weighted by Gasteiger charge is 2.37. The summed E-state index contributed by atoms with van der Waals surface area (Å²) in [6.45, 7) is 2.08. The van der Waals surface area contributed by atoms with Crippen molar-refractivity contribution in [2.75, 3.05) is 20.5 Å². The molecule has 4 aromatic carbocycles. The Morgan fingerprint density at radius 2 is 1.81 bits per heavy atom. The van der Waals surface area contributed by atoms with Gasteiger partial charge < -0.3 is 18.9 Å². The number of hydrogen-bond acceptors (Lipinski definition) is 8. The van der Waals surface area contributed by atoms with Crippen LogP contribution in [0.1, 0.15) is 29.7 Å². The number of thiazole rings is 1. The van der Waals surface area contributed by atoms with Crippen molar-refractivity contribution in [1.29, 1.82) is 0 Å². The van der Waals surface area contributed by atoms with Crippen LogP contribution in [-0.4, -0.2) is 31.0 Å². The zero-order chi connectivity index (χ0) is 29.5. The van der Waals surface area contributed by atoms with Crippen molar-refractivity contribution in [3.63, 3.8) is 0 Å². The number of carbonyl (C=O) groups excluding carboxylic acids is 1. The summed E-state index contributed by atoms with van der Waals surface area (Å²) < 4.78 is 24.5. The molecule has 43 heavy (non-hydrogen) atoms. The van der Waals surface area contributed by atoms with Gasteiger partial charge in [0.05, 0.1) is 29.5 Å². The van der Waals surface area contributed by atoms with Crippen LogP contribution in [0.3, 0.4) is 0 Å². The van der Waals surface area contributed by atoms with Gasteiger partial charge in [0.15, 0.2) is 16.3 Å². The third kappa shape index (κ3) is 4.58. The van der Waals surface area contributed by atoms with Crippen LogP contribution in [0, 0.1) is 0 Å². The molecule has 2 aliphatic heterocycles. The summed E-state index contributed by atoms with van der Waals surface area (Å²) in [5.41, 5.74) is 2.64. The smallest absolute Gasteiger partial charge is 0.338 e. The molecule has 0 aliphatic carbocycles. The number of nitrogens with zero attached hydrogens (tertiary/aromatic N) is 2. The standard InChI is InChI=1S/C34H26N2O6S/c1-3-40-33(38)29-30(22-10-5-4-6-11-22)35-34-36(31(29)28-23-12-8-7-9-21(23)14-16-25(28)39-2)32(37)27(43-34)18-20-13-15-24-26(17-20)42-19-41-24/h4-18,31H,3,19H2,1-2H3/b27-18-/t31-/m1/s1. The Kier molecular flexibility index (Phi) is 6.79. The van der Waals surface area contributed by atoms with Crippen LogP contribution in [0.25, 0.3) is 22.5 Å². The molecule has 3 heterocycles. The first kappa shape index (κ1) is 26.7. The number of aromatic nitrogens is 1. The van der Waals surface area contributed by atoms with Crippen LogP contribution >= 0.6 is 11.3 Å². The lowest BCUT2D eigenvalue weighted by atomic mass is 9.89. The second kappa shape index (κ2) is 10.9. The van der Waals surface area contributed by atoms with Gasteiger partial charge in [-0.05, 0) is 47.5 Å². The van der Waals surface area contributed by atoms with E-state index in [1.165, 1.54) is 11.3 Å². The van der Waals surface area contributed by atoms with Crippen LogP contribution in [0.15, 0.2) is 100 Å². The number of hydrogen-bond donors (Lipinski definition) is 0. The van der Waals surface area contributed by atoms with Gasteiger partial charge in [0.1, 0.15) is 11.8 Å². The van der Waals surface area contributed by atoms with E-state index in [4.69, 9.17) is 23.9 Å². The van der Waals surface area contributed by atoms with Crippen molar-refractivity contribution in [1.82, 2.24) is 4.57 Å². The Bertz CT molecular complexity index is 2110. The SMILES string of the molecule is CCOC(=O)C1=C(c2ccccc2)N=c2s/c(=C\c3ccc4c(c3)OCO4)c(=O)n2[C@@H]1c1c(OC)ccc2ccccc12. The summed E-state index contributed by atoms with van der Waals surface area (Å²) in [6.07, 6.45) is 1.80. The Morgan fingerprint density at radius 1 is 1.02 bits per heavy atom. The Morgan fingerprint density at radius 3 is 2.63 bits per heavy atom. The normalized spacial score (nSPS) is 15.8. The minimum Gasteiger partial charge on any atom is -0.496 e. The average Bonchev–Trinajstić information content (AvgIpc) is 3.63. The third-order valence-electron chi connectivity index (χ3n) is 7.49. The number of methoxy groups -OCH3 is 1. The van der Waals surface area contributed by atoms with Crippen LogP contribution in [0.5, 0.6) is 17.2 Å². The van der Waals surface area contributed by atoms with Crippen molar-refractivity contribution in [3.8, 4) is 17.2 Å². The zero-order valence-electron chi connectivity index (χ0n) is 23.4. The van der Waals surface area contributed by atoms with Crippen LogP contribution in [0.2, 0.25) is 0 Å². The molecule has 214 valence electrons. The van der Waals surface area contributed by atoms with Gasteiger partial charge in [-0.25, -0.2) is 9.79 Å². The van der Waals surface area contributed by atoms with E-state index in [1.807, 2.05) is 84.9 Å². The van der Waals surface area contributed by atoms with Crippen molar-refractivity contribution in [2.24, 2.45) is 4.99 Å². The first-order chi connectivity index (χ1) is 21.1. The number of fused-ring (bicyclic) bond motifs is 3. The number of carbonyl (C=O) groups is 1. The van der Waals surface area contributed by atoms with Crippen molar-refractivity contribution in [2.45, 2.75) is 13.0 Å². The first-order valence-corrected chi connectivity index (χ1v) is 14.6. The summed E-state index contributed by atoms with van der Waals surface area (Å²) in [5, 5.41) is 1.80. The molecule has 0 N–H and O–H groups in total. The Labute approximate surface area is 250 Å². The molecule has 0 amide bonds. The van der Waals surface area contributed by atoms with E-state index in [-0.39, 0.29) is 24.5 Å². The van der Waals surface area contributed by atoms with E-state index < -0.39 is 12.0 Å². The summed E-state index contributed by atoms with van der Waals surface area (Å²) in [6, 6.07) is 25.8. The maximum Gasteiger partial charge on any atom is 0.338 e. The predicted octanol–water partition coefficient (Wildman–Crippen LogP) is 4.83. The summed E-state index contributed by atoms with van der Waals surface area (Å²) >= 11 is 1.26. The monoisotopic (exact) mass is 590 g/mol. The maximum atomic E-state index is 14.4. The van der Waals surface area contributed by atoms with Crippen molar-refractivity contribution >= 4 is 39.9 Å². The summed E-state index contributed by atoms with van der Waals surface area (Å²) in [4.78, 5) is 33.7. The molecule has 0 saturated carbocycles. The van der Waals surface area contributed by atoms with E-state index in [9.17, 15) is 9.59 Å². The van der Waals surface area contributed by atoms with Gasteiger partial charge in [-0.2, -0.15) is 0 Å². The lowest BCUT2D eigenvalue weighted by Crippen LogP contribution is -2.40. The van der Waals surface area contributed by atoms with Gasteiger partial charge in [-0.1, -0.05) is 78.1 Å². The minimum atomic E-state index is -0.870. The molecule has 9 heteroatoms. The summed E-state index contributed by atoms with van der Waals surface area (Å²) in [5.74, 6) is 1.28. The number of benzene rings is 4. The van der Waals surface area contributed by atoms with Gasteiger partial charge in [0.2, 0.25) is 6.79 Å². The number of ether oxygens (including phenoxy) is 4. The first-order valence-electron chi connectivity index (χ1n) is 13.8. The van der Waals surface area contributed by atoms with Crippen LogP contribution in [-0.2, 0) is 9.53 Å². The fourth-order valence-corrected chi connectivity index (χ4v) is 6.60. The fourth-order valence-electron chi connectivity index (χ4n) is 5.60. The van der Waals surface area contributed by atoms with Crippen molar-refractivity contribution in [3.05, 3.63) is 127 Å². The van der Waals surface area contributed by atoms with Gasteiger partial charge in [-0.3, -0.25) is 9.36 Å². The van der Waals surface area contributed by atoms with E-state index >= 15 is 0 Å². The molecule has 8 nitrogen and oxygen atoms in total. The molecule has 2 aliphatic rings. The molecule has 5 aromatic rings. The molecule has 0 bridgehead atoms. The lowest BCUT2D eigenvalue weighted by Gasteiger charge is -2.28. The third-order valence-corrected chi connectivity index (χ3v) is 8.48. The van der Waals surface area contributed by atoms with E-state index in [2.05, 4.69) is 0 Å². The average molecular weight is 591 g/mol. The molecule has 1 atom stereocenters. The topological polar surface area (TPSA) is 88.4 Å². The van der Waals surface area contributed by atoms with E-state index in [1.54, 1.807) is 24.7 Å². The Hall–Kier alpha value is -5.15. The largest absolute Gasteiger partial charge is 0.496 e. The molecule has 0 radical (unpaired) electrons. The fraction of sp³-hybridized carbons (Fsp3) is 0.147. The molecule has 0 saturated heterocycles. The zero-order valence-corrected chi connectivity index (χ0v) is 24.2. The molecule has 7 rings (SSSR count). The summed E-state index contributed by atoms with van der Waals surface area (Å²) in [7, 11) is 1.59. The predicted molar refractivity (Wildman–Crippen MR) is 164 cm³/mol. The number of rotatable bonds is 6. The van der Waals surface area contributed by atoms with E-state index in [0.29, 0.717) is 37.8 Å². The highest BCUT2D eigenvalue weighted by atomic mass is 32.1. The quantitative estimate of drug-likeness (QED) is 0.264. The molecule has 0 unspecified atom stereocenters. The lowest BCUT2D eigenvalue weighted by molar-refractivity contribution is -0.138. The second-order valence-electron chi connectivity index (χ2n) is 9.95. The molecule has 0 spiro atoms. The van der Waals surface area contributed by atoms with Gasteiger partial charge in [0, 0.05) is 11.1 Å². The van der Waals surface area contributed by atoms with Gasteiger partial charge >= 0.3 is 5.97 Å². The maximum absolute atomic E-state index is 14.4. The highest BCUT2D eigenvalue weighted by molar-refractivity contribution is 7.07. The van der Waals surface area contributed by atoms with Crippen molar-refractivity contribution < 1.29 is 23.7 Å². The highest BCUT2D eigenvalue weighted by Crippen LogP contribution is 2.42. The molecule has 0 fully saturated rings. The van der Waals surface area contributed by atoms with Gasteiger partial charge in [0.25, 0.3) is 5.56 Å². The Balaban J connectivity index is 1.57.